The highest BCUT2D eigenvalue weighted by Crippen LogP contribution is 2.28. The van der Waals surface area contributed by atoms with Gasteiger partial charge in [0.05, 0.1) is 11.3 Å². The van der Waals surface area contributed by atoms with Crippen molar-refractivity contribution in [3.63, 3.8) is 0 Å². The summed E-state index contributed by atoms with van der Waals surface area (Å²) in [5, 5.41) is 0. The Morgan fingerprint density at radius 2 is 1.87 bits per heavy atom. The van der Waals surface area contributed by atoms with E-state index in [9.17, 15) is 9.59 Å². The Morgan fingerprint density at radius 1 is 1.20 bits per heavy atom. The second-order valence-corrected chi connectivity index (χ2v) is 4.16. The van der Waals surface area contributed by atoms with E-state index in [0.717, 1.165) is 5.69 Å². The summed E-state index contributed by atoms with van der Waals surface area (Å²) in [4.78, 5) is 24.8. The number of rotatable bonds is 2. The average molecular weight is 203 g/mol. The number of Topliss-reactive ketones (excluding diaryl/α,β-unsaturated/α-hetero) is 1. The average Bonchev–Trinajstić information content (AvgIpc) is 2.44. The maximum absolute atomic E-state index is 11.7. The highest BCUT2D eigenvalue weighted by Gasteiger charge is 2.35. The molecule has 1 aliphatic heterocycles. The van der Waals surface area contributed by atoms with E-state index >= 15 is 0 Å². The number of anilines is 1. The number of ketones is 1. The first-order chi connectivity index (χ1) is 7.11. The monoisotopic (exact) mass is 203 g/mol. The number of hydrogen-bond acceptors (Lipinski definition) is 2. The van der Waals surface area contributed by atoms with E-state index in [1.807, 2.05) is 26.0 Å². The Hall–Kier alpha value is -1.64. The molecule has 3 heteroatoms. The minimum atomic E-state index is -0.398. The minimum Gasteiger partial charge on any atom is -0.305 e. The Morgan fingerprint density at radius 3 is 2.53 bits per heavy atom. The van der Waals surface area contributed by atoms with Gasteiger partial charge in [-0.2, -0.15) is 0 Å². The molecule has 15 heavy (non-hydrogen) atoms. The van der Waals surface area contributed by atoms with Gasteiger partial charge in [-0.15, -0.1) is 0 Å². The predicted octanol–water partition coefficient (Wildman–Crippen LogP) is 1.87. The molecule has 2 rings (SSSR count). The van der Waals surface area contributed by atoms with Crippen LogP contribution in [-0.4, -0.2) is 18.2 Å². The zero-order chi connectivity index (χ0) is 11.0. The normalized spacial score (nSPS) is 15.0. The minimum absolute atomic E-state index is 0.355. The molecule has 0 radical (unpaired) electrons. The summed E-state index contributed by atoms with van der Waals surface area (Å²) in [6.45, 7) is 4.65. The van der Waals surface area contributed by atoms with Crippen LogP contribution in [0.5, 0.6) is 0 Å². The van der Waals surface area contributed by atoms with Crippen LogP contribution in [0, 0.1) is 5.92 Å². The summed E-state index contributed by atoms with van der Waals surface area (Å²) in [6, 6.07) is 7.15. The molecule has 1 aliphatic rings. The van der Waals surface area contributed by atoms with Crippen molar-refractivity contribution in [2.75, 3.05) is 11.4 Å². The number of fused-ring (bicyclic) bond motifs is 1. The highest BCUT2D eigenvalue weighted by molar-refractivity contribution is 6.52. The van der Waals surface area contributed by atoms with Crippen molar-refractivity contribution >= 4 is 17.4 Å². The molecule has 0 saturated carbocycles. The largest absolute Gasteiger partial charge is 0.305 e. The van der Waals surface area contributed by atoms with Gasteiger partial charge in [0.15, 0.2) is 0 Å². The quantitative estimate of drug-likeness (QED) is 0.688. The Labute approximate surface area is 88.7 Å². The third kappa shape index (κ3) is 1.54. The van der Waals surface area contributed by atoms with Gasteiger partial charge in [0, 0.05) is 6.54 Å². The second kappa shape index (κ2) is 3.50. The Bertz CT molecular complexity index is 423. The molecule has 0 unspecified atom stereocenters. The van der Waals surface area contributed by atoms with Crippen LogP contribution in [-0.2, 0) is 4.79 Å². The second-order valence-electron chi connectivity index (χ2n) is 4.16. The van der Waals surface area contributed by atoms with Gasteiger partial charge in [0.25, 0.3) is 11.7 Å². The fourth-order valence-electron chi connectivity index (χ4n) is 1.79. The van der Waals surface area contributed by atoms with E-state index in [4.69, 9.17) is 0 Å². The molecule has 1 amide bonds. The van der Waals surface area contributed by atoms with Gasteiger partial charge in [0.2, 0.25) is 0 Å². The van der Waals surface area contributed by atoms with Crippen molar-refractivity contribution in [2.45, 2.75) is 13.8 Å². The molecule has 0 N–H and O–H groups in total. The van der Waals surface area contributed by atoms with Crippen molar-refractivity contribution in [3.8, 4) is 0 Å². The first kappa shape index (κ1) is 9.90. The fourth-order valence-corrected chi connectivity index (χ4v) is 1.79. The van der Waals surface area contributed by atoms with Crippen molar-refractivity contribution in [1.82, 2.24) is 0 Å². The van der Waals surface area contributed by atoms with E-state index in [0.29, 0.717) is 18.0 Å². The number of benzene rings is 1. The topological polar surface area (TPSA) is 37.4 Å². The van der Waals surface area contributed by atoms with Gasteiger partial charge in [-0.25, -0.2) is 0 Å². The van der Waals surface area contributed by atoms with Crippen LogP contribution in [0.25, 0.3) is 0 Å². The van der Waals surface area contributed by atoms with Crippen LogP contribution >= 0.6 is 0 Å². The molecule has 0 aliphatic carbocycles. The summed E-state index contributed by atoms with van der Waals surface area (Å²) < 4.78 is 0. The molecule has 78 valence electrons. The lowest BCUT2D eigenvalue weighted by Gasteiger charge is -2.18. The number of amides is 1. The van der Waals surface area contributed by atoms with Crippen molar-refractivity contribution in [3.05, 3.63) is 29.8 Å². The molecule has 0 atom stereocenters. The van der Waals surface area contributed by atoms with Crippen molar-refractivity contribution in [2.24, 2.45) is 5.92 Å². The van der Waals surface area contributed by atoms with Crippen LogP contribution in [0.2, 0.25) is 0 Å². The molecule has 1 aromatic rings. The van der Waals surface area contributed by atoms with Crippen LogP contribution < -0.4 is 4.90 Å². The molecule has 0 spiro atoms. The van der Waals surface area contributed by atoms with E-state index in [1.54, 1.807) is 17.0 Å². The van der Waals surface area contributed by atoms with Gasteiger partial charge >= 0.3 is 0 Å². The molecular formula is C12H13NO2. The predicted molar refractivity (Wildman–Crippen MR) is 58.0 cm³/mol. The van der Waals surface area contributed by atoms with Gasteiger partial charge in [0.1, 0.15) is 0 Å². The lowest BCUT2D eigenvalue weighted by molar-refractivity contribution is -0.114. The lowest BCUT2D eigenvalue weighted by atomic mass is 10.1. The number of para-hydroxylation sites is 1. The molecule has 3 nitrogen and oxygen atoms in total. The number of carbonyl (C=O) groups is 2. The Kier molecular flexibility index (Phi) is 2.31. The summed E-state index contributed by atoms with van der Waals surface area (Å²) in [5.41, 5.74) is 1.28. The molecule has 1 heterocycles. The maximum atomic E-state index is 11.7. The van der Waals surface area contributed by atoms with Crippen LogP contribution in [0.3, 0.4) is 0 Å². The SMILES string of the molecule is CC(C)CN1C(=O)C(=O)c2ccccc21. The standard InChI is InChI=1S/C12H13NO2/c1-8(2)7-13-10-6-4-3-5-9(10)11(14)12(13)15/h3-6,8H,7H2,1-2H3. The summed E-state index contributed by atoms with van der Waals surface area (Å²) in [7, 11) is 0. The van der Waals surface area contributed by atoms with Crippen LogP contribution in [0.4, 0.5) is 5.69 Å². The molecular weight excluding hydrogens is 190 g/mol. The van der Waals surface area contributed by atoms with Crippen LogP contribution in [0.15, 0.2) is 24.3 Å². The third-order valence-corrected chi connectivity index (χ3v) is 2.43. The lowest BCUT2D eigenvalue weighted by Crippen LogP contribution is -2.32. The highest BCUT2D eigenvalue weighted by atomic mass is 16.2. The van der Waals surface area contributed by atoms with E-state index in [-0.39, 0.29) is 5.78 Å². The first-order valence-corrected chi connectivity index (χ1v) is 5.06. The molecule has 1 aromatic carbocycles. The number of nitrogens with zero attached hydrogens (tertiary/aromatic N) is 1. The van der Waals surface area contributed by atoms with E-state index < -0.39 is 5.91 Å². The van der Waals surface area contributed by atoms with Crippen LogP contribution in [0.1, 0.15) is 24.2 Å². The van der Waals surface area contributed by atoms with Gasteiger partial charge in [-0.1, -0.05) is 26.0 Å². The van der Waals surface area contributed by atoms with E-state index in [1.165, 1.54) is 0 Å². The first-order valence-electron chi connectivity index (χ1n) is 5.06. The number of carbonyl (C=O) groups excluding carboxylic acids is 2. The zero-order valence-corrected chi connectivity index (χ0v) is 8.86. The van der Waals surface area contributed by atoms with Gasteiger partial charge in [-0.05, 0) is 18.1 Å². The fraction of sp³-hybridized carbons (Fsp3) is 0.333. The molecule has 0 fully saturated rings. The zero-order valence-electron chi connectivity index (χ0n) is 8.86. The van der Waals surface area contributed by atoms with Gasteiger partial charge in [-0.3, -0.25) is 9.59 Å². The summed E-state index contributed by atoms with van der Waals surface area (Å²) >= 11 is 0. The summed E-state index contributed by atoms with van der Waals surface area (Å²) in [6.07, 6.45) is 0. The van der Waals surface area contributed by atoms with Crippen molar-refractivity contribution < 1.29 is 9.59 Å². The molecule has 0 aromatic heterocycles. The number of hydrogen-bond donors (Lipinski definition) is 0. The van der Waals surface area contributed by atoms with Gasteiger partial charge < -0.3 is 4.90 Å². The third-order valence-electron chi connectivity index (χ3n) is 2.43. The smallest absolute Gasteiger partial charge is 0.299 e. The maximum Gasteiger partial charge on any atom is 0.299 e. The Balaban J connectivity index is 2.42. The van der Waals surface area contributed by atoms with Crippen molar-refractivity contribution in [1.29, 1.82) is 0 Å². The molecule has 0 saturated heterocycles. The summed E-state index contributed by atoms with van der Waals surface area (Å²) in [5.74, 6) is -0.427. The molecule has 0 bridgehead atoms. The van der Waals surface area contributed by atoms with E-state index in [2.05, 4.69) is 0 Å².